The molecule has 0 atom stereocenters. The van der Waals surface area contributed by atoms with Crippen LogP contribution in [0.3, 0.4) is 0 Å². The Morgan fingerprint density at radius 1 is 1.40 bits per heavy atom. The minimum Gasteiger partial charge on any atom is -0.493 e. The summed E-state index contributed by atoms with van der Waals surface area (Å²) >= 11 is 6.07. The topological polar surface area (TPSA) is 61.2 Å². The third-order valence-electron chi connectivity index (χ3n) is 2.83. The van der Waals surface area contributed by atoms with Crippen molar-refractivity contribution in [2.24, 2.45) is 7.05 Å². The molecule has 2 rings (SSSR count). The number of rotatable bonds is 6. The summed E-state index contributed by atoms with van der Waals surface area (Å²) in [6.07, 6.45) is 1.49. The largest absolute Gasteiger partial charge is 0.493 e. The molecule has 0 amide bonds. The zero-order chi connectivity index (χ0) is 14.5. The standard InChI is InChI=1S/C13H17ClN4O2/c1-15-6-9-4-10(14)5-11(19-3)13(9)20-7-12-16-8-17-18(12)2/h4-5,8,15H,6-7H2,1-3H3. The summed E-state index contributed by atoms with van der Waals surface area (Å²) < 4.78 is 12.8. The van der Waals surface area contributed by atoms with E-state index in [1.165, 1.54) is 6.33 Å². The van der Waals surface area contributed by atoms with Crippen LogP contribution < -0.4 is 14.8 Å². The van der Waals surface area contributed by atoms with Crippen molar-refractivity contribution in [3.8, 4) is 11.5 Å². The van der Waals surface area contributed by atoms with Gasteiger partial charge in [0.1, 0.15) is 12.9 Å². The third-order valence-corrected chi connectivity index (χ3v) is 3.05. The molecule has 108 valence electrons. The van der Waals surface area contributed by atoms with E-state index in [0.29, 0.717) is 29.7 Å². The second-order valence-electron chi connectivity index (χ2n) is 4.22. The molecule has 0 unspecified atom stereocenters. The highest BCUT2D eigenvalue weighted by molar-refractivity contribution is 6.30. The summed E-state index contributed by atoms with van der Waals surface area (Å²) in [6.45, 7) is 0.941. The number of halogens is 1. The molecular weight excluding hydrogens is 280 g/mol. The highest BCUT2D eigenvalue weighted by atomic mass is 35.5. The molecule has 0 aliphatic rings. The minimum atomic E-state index is 0.311. The van der Waals surface area contributed by atoms with Gasteiger partial charge in [-0.1, -0.05) is 11.6 Å². The Labute approximate surface area is 122 Å². The average molecular weight is 297 g/mol. The first kappa shape index (κ1) is 14.6. The SMILES string of the molecule is CNCc1cc(Cl)cc(OC)c1OCc1ncnn1C. The van der Waals surface area contributed by atoms with Gasteiger partial charge in [0.25, 0.3) is 0 Å². The summed E-state index contributed by atoms with van der Waals surface area (Å²) in [7, 11) is 5.27. The molecule has 1 heterocycles. The van der Waals surface area contributed by atoms with Gasteiger partial charge < -0.3 is 14.8 Å². The molecule has 1 aromatic carbocycles. The lowest BCUT2D eigenvalue weighted by Crippen LogP contribution is -2.10. The minimum absolute atomic E-state index is 0.311. The number of benzene rings is 1. The highest BCUT2D eigenvalue weighted by Gasteiger charge is 2.13. The molecule has 0 saturated heterocycles. The Bertz CT molecular complexity index is 586. The molecule has 2 aromatic rings. The maximum atomic E-state index is 6.07. The van der Waals surface area contributed by atoms with Crippen LogP contribution in [0.25, 0.3) is 0 Å². The number of aryl methyl sites for hydroxylation is 1. The molecule has 7 heteroatoms. The fourth-order valence-corrected chi connectivity index (χ4v) is 2.08. The van der Waals surface area contributed by atoms with Gasteiger partial charge in [0.15, 0.2) is 17.3 Å². The summed E-state index contributed by atoms with van der Waals surface area (Å²) in [5.74, 6) is 2.00. The second kappa shape index (κ2) is 6.58. The van der Waals surface area contributed by atoms with Crippen molar-refractivity contribution in [3.63, 3.8) is 0 Å². The molecular formula is C13H17ClN4O2. The van der Waals surface area contributed by atoms with Crippen molar-refractivity contribution < 1.29 is 9.47 Å². The number of nitrogens with zero attached hydrogens (tertiary/aromatic N) is 3. The fourth-order valence-electron chi connectivity index (χ4n) is 1.85. The first-order chi connectivity index (χ1) is 9.65. The van der Waals surface area contributed by atoms with Crippen LogP contribution in [0.1, 0.15) is 11.4 Å². The van der Waals surface area contributed by atoms with Crippen molar-refractivity contribution in [1.29, 1.82) is 0 Å². The Morgan fingerprint density at radius 2 is 2.20 bits per heavy atom. The maximum Gasteiger partial charge on any atom is 0.166 e. The molecule has 0 saturated carbocycles. The predicted octanol–water partition coefficient (Wildman–Crippen LogP) is 1.78. The fraction of sp³-hybridized carbons (Fsp3) is 0.385. The second-order valence-corrected chi connectivity index (χ2v) is 4.65. The number of aromatic nitrogens is 3. The zero-order valence-electron chi connectivity index (χ0n) is 11.7. The summed E-state index contributed by atoms with van der Waals surface area (Å²) in [4.78, 5) is 4.12. The van der Waals surface area contributed by atoms with Gasteiger partial charge in [-0.3, -0.25) is 4.68 Å². The van der Waals surface area contributed by atoms with E-state index in [1.807, 2.05) is 20.2 Å². The lowest BCUT2D eigenvalue weighted by atomic mass is 10.2. The van der Waals surface area contributed by atoms with E-state index in [2.05, 4.69) is 15.4 Å². The Balaban J connectivity index is 2.26. The normalized spacial score (nSPS) is 10.6. The number of hydrogen-bond acceptors (Lipinski definition) is 5. The molecule has 20 heavy (non-hydrogen) atoms. The highest BCUT2D eigenvalue weighted by Crippen LogP contribution is 2.35. The molecule has 1 N–H and O–H groups in total. The van der Waals surface area contributed by atoms with Gasteiger partial charge in [-0.25, -0.2) is 4.98 Å². The van der Waals surface area contributed by atoms with Gasteiger partial charge >= 0.3 is 0 Å². The van der Waals surface area contributed by atoms with E-state index < -0.39 is 0 Å². The van der Waals surface area contributed by atoms with Crippen LogP contribution in [0.2, 0.25) is 5.02 Å². The molecule has 6 nitrogen and oxygen atoms in total. The Kier molecular flexibility index (Phi) is 4.81. The van der Waals surface area contributed by atoms with Crippen LogP contribution in [0.5, 0.6) is 11.5 Å². The lowest BCUT2D eigenvalue weighted by molar-refractivity contribution is 0.268. The van der Waals surface area contributed by atoms with E-state index in [4.69, 9.17) is 21.1 Å². The van der Waals surface area contributed by atoms with Gasteiger partial charge in [0.2, 0.25) is 0 Å². The van der Waals surface area contributed by atoms with Crippen LogP contribution in [0, 0.1) is 0 Å². The first-order valence-corrected chi connectivity index (χ1v) is 6.50. The number of nitrogens with one attached hydrogen (secondary N) is 1. The third kappa shape index (κ3) is 3.20. The van der Waals surface area contributed by atoms with Crippen LogP contribution in [0.15, 0.2) is 18.5 Å². The first-order valence-electron chi connectivity index (χ1n) is 6.12. The van der Waals surface area contributed by atoms with Crippen molar-refractivity contribution in [3.05, 3.63) is 34.9 Å². The molecule has 0 aliphatic heterocycles. The van der Waals surface area contributed by atoms with Crippen LogP contribution in [-0.2, 0) is 20.2 Å². The molecule has 0 radical (unpaired) electrons. The molecule has 0 aliphatic carbocycles. The van der Waals surface area contributed by atoms with E-state index in [1.54, 1.807) is 17.9 Å². The van der Waals surface area contributed by atoms with Crippen molar-refractivity contribution in [2.75, 3.05) is 14.2 Å². The van der Waals surface area contributed by atoms with Crippen molar-refractivity contribution in [1.82, 2.24) is 20.1 Å². The van der Waals surface area contributed by atoms with E-state index in [9.17, 15) is 0 Å². The van der Waals surface area contributed by atoms with E-state index >= 15 is 0 Å². The van der Waals surface area contributed by atoms with E-state index in [0.717, 1.165) is 11.4 Å². The van der Waals surface area contributed by atoms with Gasteiger partial charge in [0.05, 0.1) is 7.11 Å². The average Bonchev–Trinajstić information content (AvgIpc) is 2.83. The molecule has 0 fully saturated rings. The summed E-state index contributed by atoms with van der Waals surface area (Å²) in [6, 6.07) is 3.58. The monoisotopic (exact) mass is 296 g/mol. The number of ether oxygens (including phenoxy) is 2. The maximum absolute atomic E-state index is 6.07. The number of hydrogen-bond donors (Lipinski definition) is 1. The Hall–Kier alpha value is -1.79. The van der Waals surface area contributed by atoms with Crippen LogP contribution in [0.4, 0.5) is 0 Å². The summed E-state index contributed by atoms with van der Waals surface area (Å²) in [5.41, 5.74) is 0.930. The predicted molar refractivity (Wildman–Crippen MR) is 76.1 cm³/mol. The molecule has 1 aromatic heterocycles. The zero-order valence-corrected chi connectivity index (χ0v) is 12.4. The van der Waals surface area contributed by atoms with Crippen LogP contribution in [-0.4, -0.2) is 28.9 Å². The summed E-state index contributed by atoms with van der Waals surface area (Å²) in [5, 5.41) is 7.69. The lowest BCUT2D eigenvalue weighted by Gasteiger charge is -2.15. The Morgan fingerprint density at radius 3 is 2.80 bits per heavy atom. The van der Waals surface area contributed by atoms with Gasteiger partial charge in [-0.05, 0) is 13.1 Å². The van der Waals surface area contributed by atoms with Crippen LogP contribution >= 0.6 is 11.6 Å². The van der Waals surface area contributed by atoms with Gasteiger partial charge in [0, 0.05) is 30.2 Å². The quantitative estimate of drug-likeness (QED) is 0.880. The van der Waals surface area contributed by atoms with Crippen molar-refractivity contribution in [2.45, 2.75) is 13.2 Å². The van der Waals surface area contributed by atoms with Crippen molar-refractivity contribution >= 4 is 11.6 Å². The van der Waals surface area contributed by atoms with Gasteiger partial charge in [-0.2, -0.15) is 5.10 Å². The smallest absolute Gasteiger partial charge is 0.166 e. The molecule has 0 bridgehead atoms. The van der Waals surface area contributed by atoms with E-state index in [-0.39, 0.29) is 0 Å². The van der Waals surface area contributed by atoms with Gasteiger partial charge in [-0.15, -0.1) is 0 Å². The molecule has 0 spiro atoms. The number of methoxy groups -OCH3 is 1.